The van der Waals surface area contributed by atoms with Crippen LogP contribution in [0.1, 0.15) is 37.8 Å². The Bertz CT molecular complexity index is 730. The molecular weight excluding hydrogens is 395 g/mol. The Hall–Kier alpha value is -2.78. The number of carbonyl (C=O) groups is 3. The van der Waals surface area contributed by atoms with E-state index in [4.69, 9.17) is 19.9 Å². The molecule has 0 heterocycles. The van der Waals surface area contributed by atoms with Gasteiger partial charge in [-0.1, -0.05) is 6.07 Å². The van der Waals surface area contributed by atoms with Crippen LogP contribution in [0.15, 0.2) is 18.2 Å². The summed E-state index contributed by atoms with van der Waals surface area (Å²) in [6.45, 7) is 2.88. The second-order valence-corrected chi connectivity index (χ2v) is 6.20. The average Bonchev–Trinajstić information content (AvgIpc) is 2.64. The molecule has 0 bridgehead atoms. The van der Waals surface area contributed by atoms with Gasteiger partial charge in [0.05, 0.1) is 32.3 Å². The third-order valence-corrected chi connectivity index (χ3v) is 4.22. The van der Waals surface area contributed by atoms with E-state index < -0.39 is 41.4 Å². The van der Waals surface area contributed by atoms with Crippen molar-refractivity contribution in [2.24, 2.45) is 11.1 Å². The van der Waals surface area contributed by atoms with Gasteiger partial charge in [0.15, 0.2) is 5.41 Å². The summed E-state index contributed by atoms with van der Waals surface area (Å²) in [5.41, 5.74) is 2.36. The molecule has 0 unspecified atom stereocenters. The van der Waals surface area contributed by atoms with Gasteiger partial charge >= 0.3 is 18.1 Å². The van der Waals surface area contributed by atoms with Crippen molar-refractivity contribution >= 4 is 17.8 Å². The maximum Gasteiger partial charge on any atom is 0.419 e. The molecule has 0 radical (unpaired) electrons. The van der Waals surface area contributed by atoms with Crippen LogP contribution >= 0.6 is 0 Å². The van der Waals surface area contributed by atoms with Gasteiger partial charge in [-0.3, -0.25) is 14.4 Å². The van der Waals surface area contributed by atoms with E-state index in [1.54, 1.807) is 0 Å². The summed E-state index contributed by atoms with van der Waals surface area (Å²) in [6, 6.07) is 3.38. The molecule has 1 amide bonds. The van der Waals surface area contributed by atoms with Crippen molar-refractivity contribution in [3.8, 4) is 5.75 Å². The number of halogens is 3. The lowest BCUT2D eigenvalue weighted by molar-refractivity contribution is -0.174. The van der Waals surface area contributed by atoms with E-state index in [9.17, 15) is 27.6 Å². The Labute approximate surface area is 166 Å². The van der Waals surface area contributed by atoms with Crippen LogP contribution in [-0.2, 0) is 36.5 Å². The zero-order valence-electron chi connectivity index (χ0n) is 16.4. The Morgan fingerprint density at radius 1 is 1.03 bits per heavy atom. The second-order valence-electron chi connectivity index (χ2n) is 6.20. The van der Waals surface area contributed by atoms with Crippen molar-refractivity contribution in [3.63, 3.8) is 0 Å². The highest BCUT2D eigenvalue weighted by molar-refractivity contribution is 6.03. The van der Waals surface area contributed by atoms with Crippen LogP contribution in [0.25, 0.3) is 0 Å². The first-order valence-corrected chi connectivity index (χ1v) is 8.88. The highest BCUT2D eigenvalue weighted by atomic mass is 19.4. The number of primary amides is 1. The van der Waals surface area contributed by atoms with Gasteiger partial charge in [-0.2, -0.15) is 13.2 Å². The Balaban J connectivity index is 3.31. The molecule has 0 spiro atoms. The van der Waals surface area contributed by atoms with Crippen molar-refractivity contribution in [1.29, 1.82) is 0 Å². The van der Waals surface area contributed by atoms with Crippen LogP contribution in [0.2, 0.25) is 0 Å². The van der Waals surface area contributed by atoms with E-state index >= 15 is 0 Å². The smallest absolute Gasteiger partial charge is 0.419 e. The average molecular weight is 419 g/mol. The third-order valence-electron chi connectivity index (χ3n) is 4.22. The quantitative estimate of drug-likeness (QED) is 0.462. The standard InChI is InChI=1S/C19H24F3NO6/c1-4-28-16(25)18(11-15(23)24,17(26)29-5-2)9-8-12-6-7-14(27-3)13(10-12)19(20,21)22/h6-7,10H,4-5,8-9,11H2,1-3H3,(H2,23,24). The number of ether oxygens (including phenoxy) is 3. The number of amides is 1. The fourth-order valence-corrected chi connectivity index (χ4v) is 2.85. The molecule has 0 saturated carbocycles. The van der Waals surface area contributed by atoms with Gasteiger partial charge in [0.2, 0.25) is 5.91 Å². The third kappa shape index (κ3) is 6.10. The molecule has 1 aromatic rings. The number of esters is 2. The zero-order valence-corrected chi connectivity index (χ0v) is 16.4. The number of benzene rings is 1. The molecule has 0 aliphatic carbocycles. The van der Waals surface area contributed by atoms with Crippen molar-refractivity contribution in [1.82, 2.24) is 0 Å². The van der Waals surface area contributed by atoms with Crippen molar-refractivity contribution < 1.29 is 41.8 Å². The van der Waals surface area contributed by atoms with E-state index in [0.717, 1.165) is 19.2 Å². The minimum absolute atomic E-state index is 0.0699. The zero-order chi connectivity index (χ0) is 22.2. The van der Waals surface area contributed by atoms with Crippen molar-refractivity contribution in [3.05, 3.63) is 29.3 Å². The van der Waals surface area contributed by atoms with Gasteiger partial charge < -0.3 is 19.9 Å². The van der Waals surface area contributed by atoms with Gasteiger partial charge in [0.25, 0.3) is 0 Å². The maximum absolute atomic E-state index is 13.2. The van der Waals surface area contributed by atoms with Gasteiger partial charge in [-0.25, -0.2) is 0 Å². The first-order valence-electron chi connectivity index (χ1n) is 8.88. The first kappa shape index (κ1) is 24.3. The molecule has 10 heteroatoms. The monoisotopic (exact) mass is 419 g/mol. The molecule has 162 valence electrons. The number of aryl methyl sites for hydroxylation is 1. The molecule has 0 atom stereocenters. The lowest BCUT2D eigenvalue weighted by Gasteiger charge is -2.28. The largest absolute Gasteiger partial charge is 0.496 e. The minimum atomic E-state index is -4.66. The lowest BCUT2D eigenvalue weighted by atomic mass is 9.78. The molecule has 0 aliphatic heterocycles. The van der Waals surface area contributed by atoms with Crippen molar-refractivity contribution in [2.75, 3.05) is 20.3 Å². The summed E-state index contributed by atoms with van der Waals surface area (Å²) in [7, 11) is 1.11. The summed E-state index contributed by atoms with van der Waals surface area (Å²) < 4.78 is 54.3. The summed E-state index contributed by atoms with van der Waals surface area (Å²) in [6.07, 6.45) is -5.81. The molecule has 7 nitrogen and oxygen atoms in total. The number of hydrogen-bond acceptors (Lipinski definition) is 6. The SMILES string of the molecule is CCOC(=O)C(CCc1ccc(OC)c(C(F)(F)F)c1)(CC(N)=O)C(=O)OCC. The number of methoxy groups -OCH3 is 1. The topological polar surface area (TPSA) is 105 Å². The fraction of sp³-hybridized carbons (Fsp3) is 0.526. The van der Waals surface area contributed by atoms with Crippen LogP contribution in [0.4, 0.5) is 13.2 Å². The molecule has 0 saturated heterocycles. The van der Waals surface area contributed by atoms with Crippen LogP contribution in [0.3, 0.4) is 0 Å². The Morgan fingerprint density at radius 2 is 1.59 bits per heavy atom. The second kappa shape index (κ2) is 10.1. The van der Waals surface area contributed by atoms with E-state index in [1.807, 2.05) is 0 Å². The van der Waals surface area contributed by atoms with Crippen LogP contribution in [0.5, 0.6) is 5.75 Å². The van der Waals surface area contributed by atoms with Gasteiger partial charge in [-0.15, -0.1) is 0 Å². The predicted molar refractivity (Wildman–Crippen MR) is 95.8 cm³/mol. The maximum atomic E-state index is 13.2. The lowest BCUT2D eigenvalue weighted by Crippen LogP contribution is -2.45. The Kier molecular flexibility index (Phi) is 8.47. The van der Waals surface area contributed by atoms with E-state index in [-0.39, 0.29) is 37.4 Å². The summed E-state index contributed by atoms with van der Waals surface area (Å²) in [4.78, 5) is 36.6. The Morgan fingerprint density at radius 3 is 2.00 bits per heavy atom. The molecule has 2 N–H and O–H groups in total. The highest BCUT2D eigenvalue weighted by Gasteiger charge is 2.50. The molecule has 0 aromatic heterocycles. The molecule has 0 aliphatic rings. The minimum Gasteiger partial charge on any atom is -0.496 e. The predicted octanol–water partition coefficient (Wildman–Crippen LogP) is 2.63. The number of nitrogens with two attached hydrogens (primary N) is 1. The fourth-order valence-electron chi connectivity index (χ4n) is 2.85. The van der Waals surface area contributed by atoms with Crippen LogP contribution < -0.4 is 10.5 Å². The molecular formula is C19H24F3NO6. The van der Waals surface area contributed by atoms with Gasteiger partial charge in [0.1, 0.15) is 5.75 Å². The normalized spacial score (nSPS) is 11.7. The number of alkyl halides is 3. The molecule has 1 aromatic carbocycles. The summed E-state index contributed by atoms with van der Waals surface area (Å²) in [5.74, 6) is -3.33. The van der Waals surface area contributed by atoms with E-state index in [2.05, 4.69) is 0 Å². The van der Waals surface area contributed by atoms with Crippen LogP contribution in [0, 0.1) is 5.41 Å². The number of hydrogen-bond donors (Lipinski definition) is 1. The van der Waals surface area contributed by atoms with Gasteiger partial charge in [0, 0.05) is 0 Å². The number of rotatable bonds is 10. The number of carbonyl (C=O) groups excluding carboxylic acids is 3. The van der Waals surface area contributed by atoms with Crippen molar-refractivity contribution in [2.45, 2.75) is 39.3 Å². The first-order chi connectivity index (χ1) is 13.5. The van der Waals surface area contributed by atoms with Gasteiger partial charge in [-0.05, 0) is 44.4 Å². The van der Waals surface area contributed by atoms with Crippen LogP contribution in [-0.4, -0.2) is 38.2 Å². The molecule has 0 fully saturated rings. The van der Waals surface area contributed by atoms with E-state index in [0.29, 0.717) is 0 Å². The molecule has 1 rings (SSSR count). The highest BCUT2D eigenvalue weighted by Crippen LogP contribution is 2.38. The molecule has 29 heavy (non-hydrogen) atoms. The van der Waals surface area contributed by atoms with E-state index in [1.165, 1.54) is 19.9 Å². The summed E-state index contributed by atoms with van der Waals surface area (Å²) in [5, 5.41) is 0. The summed E-state index contributed by atoms with van der Waals surface area (Å²) >= 11 is 0.